The minimum atomic E-state index is 0.307. The van der Waals surface area contributed by atoms with Crippen LogP contribution < -0.4 is 10.2 Å². The highest BCUT2D eigenvalue weighted by molar-refractivity contribution is 5.34. The smallest absolute Gasteiger partial charge is 0.225 e. The van der Waals surface area contributed by atoms with Gasteiger partial charge in [-0.05, 0) is 66.5 Å². The third kappa shape index (κ3) is 5.64. The van der Waals surface area contributed by atoms with Crippen LogP contribution in [0.1, 0.15) is 83.0 Å². The number of hydrogen-bond acceptors (Lipinski definition) is 5. The van der Waals surface area contributed by atoms with Gasteiger partial charge >= 0.3 is 0 Å². The van der Waals surface area contributed by atoms with Crippen molar-refractivity contribution in [2.45, 2.75) is 90.8 Å². The van der Waals surface area contributed by atoms with Gasteiger partial charge in [0.15, 0.2) is 0 Å². The van der Waals surface area contributed by atoms with Crippen LogP contribution in [-0.2, 0) is 0 Å². The molecule has 1 N–H and O–H groups in total. The SMILES string of the molecule is Cc1nc(N2CCCCCCC2)ncc1C(C)NC1CCN(C(C)C)CC1. The molecule has 2 saturated heterocycles. The van der Waals surface area contributed by atoms with E-state index in [-0.39, 0.29) is 0 Å². The Balaban J connectivity index is 1.58. The number of nitrogens with one attached hydrogen (secondary N) is 1. The van der Waals surface area contributed by atoms with Gasteiger partial charge in [-0.15, -0.1) is 0 Å². The first-order chi connectivity index (χ1) is 13.0. The maximum absolute atomic E-state index is 4.89. The molecule has 0 aliphatic carbocycles. The number of aromatic nitrogens is 2. The predicted octanol–water partition coefficient (Wildman–Crippen LogP) is 4.08. The summed E-state index contributed by atoms with van der Waals surface area (Å²) in [7, 11) is 0. The highest BCUT2D eigenvalue weighted by atomic mass is 15.2. The van der Waals surface area contributed by atoms with E-state index in [9.17, 15) is 0 Å². The monoisotopic (exact) mass is 373 g/mol. The summed E-state index contributed by atoms with van der Waals surface area (Å²) in [5.41, 5.74) is 2.37. The van der Waals surface area contributed by atoms with Crippen LogP contribution in [0.2, 0.25) is 0 Å². The summed E-state index contributed by atoms with van der Waals surface area (Å²) in [6.45, 7) is 13.6. The zero-order valence-electron chi connectivity index (χ0n) is 17.9. The number of piperidine rings is 1. The van der Waals surface area contributed by atoms with Crippen LogP contribution in [0, 0.1) is 6.92 Å². The summed E-state index contributed by atoms with van der Waals surface area (Å²) in [4.78, 5) is 14.6. The number of hydrogen-bond donors (Lipinski definition) is 1. The van der Waals surface area contributed by atoms with Crippen molar-refractivity contribution in [2.75, 3.05) is 31.1 Å². The average molecular weight is 374 g/mol. The lowest BCUT2D eigenvalue weighted by molar-refractivity contribution is 0.157. The van der Waals surface area contributed by atoms with Gasteiger partial charge < -0.3 is 15.1 Å². The minimum Gasteiger partial charge on any atom is -0.341 e. The number of aryl methyl sites for hydroxylation is 1. The number of likely N-dealkylation sites (tertiary alicyclic amines) is 1. The molecular formula is C22H39N5. The second-order valence-electron chi connectivity index (χ2n) is 8.76. The highest BCUT2D eigenvalue weighted by Gasteiger charge is 2.23. The second-order valence-corrected chi connectivity index (χ2v) is 8.76. The molecule has 1 aromatic heterocycles. The fraction of sp³-hybridized carbons (Fsp3) is 0.818. The van der Waals surface area contributed by atoms with Gasteiger partial charge in [0.05, 0.1) is 0 Å². The maximum atomic E-state index is 4.89. The molecule has 27 heavy (non-hydrogen) atoms. The molecule has 2 aliphatic heterocycles. The molecule has 1 aromatic rings. The Morgan fingerprint density at radius 1 is 0.963 bits per heavy atom. The highest BCUT2D eigenvalue weighted by Crippen LogP contribution is 2.22. The molecule has 5 nitrogen and oxygen atoms in total. The molecule has 0 spiro atoms. The lowest BCUT2D eigenvalue weighted by atomic mass is 10.0. The van der Waals surface area contributed by atoms with Crippen molar-refractivity contribution in [3.63, 3.8) is 0 Å². The normalized spacial score (nSPS) is 21.9. The number of rotatable bonds is 5. The Morgan fingerprint density at radius 3 is 2.19 bits per heavy atom. The molecule has 3 heterocycles. The van der Waals surface area contributed by atoms with E-state index in [0.717, 1.165) is 24.7 Å². The molecule has 0 aromatic carbocycles. The average Bonchev–Trinajstić information content (AvgIpc) is 2.61. The molecule has 2 fully saturated rings. The van der Waals surface area contributed by atoms with Gasteiger partial charge in [-0.25, -0.2) is 9.97 Å². The predicted molar refractivity (Wildman–Crippen MR) is 113 cm³/mol. The Labute approximate surface area is 165 Å². The molecule has 2 aliphatic rings. The van der Waals surface area contributed by atoms with E-state index in [1.807, 2.05) is 0 Å². The van der Waals surface area contributed by atoms with E-state index >= 15 is 0 Å². The van der Waals surface area contributed by atoms with Gasteiger partial charge in [0.2, 0.25) is 5.95 Å². The van der Waals surface area contributed by atoms with E-state index in [0.29, 0.717) is 18.1 Å². The van der Waals surface area contributed by atoms with Crippen molar-refractivity contribution in [1.82, 2.24) is 20.2 Å². The minimum absolute atomic E-state index is 0.307. The first-order valence-corrected chi connectivity index (χ1v) is 11.1. The van der Waals surface area contributed by atoms with Crippen molar-refractivity contribution >= 4 is 5.95 Å². The first-order valence-electron chi connectivity index (χ1n) is 11.1. The lowest BCUT2D eigenvalue weighted by Crippen LogP contribution is -2.45. The zero-order valence-corrected chi connectivity index (χ0v) is 17.9. The largest absolute Gasteiger partial charge is 0.341 e. The number of anilines is 1. The molecule has 0 amide bonds. The Bertz CT molecular complexity index is 572. The van der Waals surface area contributed by atoms with E-state index in [1.165, 1.54) is 63.6 Å². The molecule has 0 radical (unpaired) electrons. The van der Waals surface area contributed by atoms with Crippen molar-refractivity contribution in [1.29, 1.82) is 0 Å². The van der Waals surface area contributed by atoms with Crippen molar-refractivity contribution < 1.29 is 0 Å². The summed E-state index contributed by atoms with van der Waals surface area (Å²) in [5.74, 6) is 0.926. The van der Waals surface area contributed by atoms with Crippen LogP contribution in [0.25, 0.3) is 0 Å². The van der Waals surface area contributed by atoms with Crippen molar-refractivity contribution in [3.05, 3.63) is 17.5 Å². The van der Waals surface area contributed by atoms with Gasteiger partial charge in [0, 0.05) is 48.7 Å². The molecule has 1 unspecified atom stereocenters. The third-order valence-corrected chi connectivity index (χ3v) is 6.36. The van der Waals surface area contributed by atoms with E-state index < -0.39 is 0 Å². The van der Waals surface area contributed by atoms with E-state index in [4.69, 9.17) is 9.97 Å². The molecule has 0 saturated carbocycles. The van der Waals surface area contributed by atoms with Crippen LogP contribution in [-0.4, -0.2) is 53.1 Å². The summed E-state index contributed by atoms with van der Waals surface area (Å²) in [6, 6.07) is 1.57. The summed E-state index contributed by atoms with van der Waals surface area (Å²) >= 11 is 0. The third-order valence-electron chi connectivity index (χ3n) is 6.36. The van der Waals surface area contributed by atoms with E-state index in [1.54, 1.807) is 0 Å². The Kier molecular flexibility index (Phi) is 7.48. The molecule has 1 atom stereocenters. The van der Waals surface area contributed by atoms with Gasteiger partial charge in [0.25, 0.3) is 0 Å². The van der Waals surface area contributed by atoms with Gasteiger partial charge in [-0.3, -0.25) is 0 Å². The molecule has 152 valence electrons. The summed E-state index contributed by atoms with van der Waals surface area (Å²) in [5, 5.41) is 3.83. The summed E-state index contributed by atoms with van der Waals surface area (Å²) < 4.78 is 0. The van der Waals surface area contributed by atoms with Gasteiger partial charge in [-0.2, -0.15) is 0 Å². The second kappa shape index (κ2) is 9.83. The van der Waals surface area contributed by atoms with Crippen LogP contribution in [0.4, 0.5) is 5.95 Å². The topological polar surface area (TPSA) is 44.3 Å². The van der Waals surface area contributed by atoms with Crippen LogP contribution in [0.3, 0.4) is 0 Å². The molecule has 5 heteroatoms. The fourth-order valence-corrected chi connectivity index (χ4v) is 4.51. The van der Waals surface area contributed by atoms with Crippen molar-refractivity contribution in [2.24, 2.45) is 0 Å². The Morgan fingerprint density at radius 2 is 1.59 bits per heavy atom. The lowest BCUT2D eigenvalue weighted by Gasteiger charge is -2.36. The quantitative estimate of drug-likeness (QED) is 0.842. The fourth-order valence-electron chi connectivity index (χ4n) is 4.51. The zero-order chi connectivity index (χ0) is 19.2. The summed E-state index contributed by atoms with van der Waals surface area (Å²) in [6.07, 6.45) is 11.1. The Hall–Kier alpha value is -1.20. The van der Waals surface area contributed by atoms with Gasteiger partial charge in [0.1, 0.15) is 0 Å². The molecular weight excluding hydrogens is 334 g/mol. The van der Waals surface area contributed by atoms with Crippen LogP contribution in [0.15, 0.2) is 6.20 Å². The maximum Gasteiger partial charge on any atom is 0.225 e. The molecule has 3 rings (SSSR count). The van der Waals surface area contributed by atoms with E-state index in [2.05, 4.69) is 49.0 Å². The first kappa shape index (κ1) is 20.5. The van der Waals surface area contributed by atoms with Gasteiger partial charge in [-0.1, -0.05) is 19.3 Å². The number of nitrogens with zero attached hydrogens (tertiary/aromatic N) is 4. The van der Waals surface area contributed by atoms with Crippen LogP contribution in [0.5, 0.6) is 0 Å². The van der Waals surface area contributed by atoms with Crippen LogP contribution >= 0.6 is 0 Å². The molecule has 0 bridgehead atoms. The van der Waals surface area contributed by atoms with Crippen molar-refractivity contribution in [3.8, 4) is 0 Å². The standard InChI is InChI=1S/C22H39N5/c1-17(2)26-14-10-20(11-15-26)24-18(3)21-16-23-22(25-19(21)4)27-12-8-6-5-7-9-13-27/h16-18,20,24H,5-15H2,1-4H3.